The van der Waals surface area contributed by atoms with E-state index in [1.54, 1.807) is 0 Å². The molecule has 1 fully saturated rings. The molecule has 3 heteroatoms. The zero-order chi connectivity index (χ0) is 10.4. The van der Waals surface area contributed by atoms with Crippen LogP contribution < -0.4 is 0 Å². The molecule has 15 heavy (non-hydrogen) atoms. The van der Waals surface area contributed by atoms with Crippen molar-refractivity contribution in [2.45, 2.75) is 19.0 Å². The summed E-state index contributed by atoms with van der Waals surface area (Å²) in [6, 6.07) is 8.01. The van der Waals surface area contributed by atoms with Gasteiger partial charge in [0.05, 0.1) is 0 Å². The van der Waals surface area contributed by atoms with E-state index >= 15 is 0 Å². The number of carbonyl (C=O) groups is 1. The van der Waals surface area contributed by atoms with Crippen LogP contribution in [0.5, 0.6) is 0 Å². The van der Waals surface area contributed by atoms with Gasteiger partial charge in [0.25, 0.3) is 0 Å². The Balaban J connectivity index is 2.03. The third-order valence-corrected chi connectivity index (χ3v) is 3.06. The number of carbonyl (C=O) groups excluding carboxylic acids is 1. The zero-order valence-electron chi connectivity index (χ0n) is 8.27. The van der Waals surface area contributed by atoms with Gasteiger partial charge in [-0.2, -0.15) is 0 Å². The van der Waals surface area contributed by atoms with Gasteiger partial charge in [0, 0.05) is 13.0 Å². The summed E-state index contributed by atoms with van der Waals surface area (Å²) in [5.41, 5.74) is 2.50. The number of cyclic esters (lactones) is 1. The maximum atomic E-state index is 11.5. The molecule has 2 aliphatic heterocycles. The van der Waals surface area contributed by atoms with Crippen LogP contribution in [0.25, 0.3) is 0 Å². The lowest BCUT2D eigenvalue weighted by Crippen LogP contribution is -2.37. The van der Waals surface area contributed by atoms with E-state index in [2.05, 4.69) is 18.7 Å². The Kier molecular flexibility index (Phi) is 1.63. The highest BCUT2D eigenvalue weighted by molar-refractivity contribution is 5.80. The molecule has 76 valence electrons. The fraction of sp³-hybridized carbons (Fsp3) is 0.250. The van der Waals surface area contributed by atoms with Crippen molar-refractivity contribution in [3.8, 4) is 0 Å². The van der Waals surface area contributed by atoms with E-state index in [-0.39, 0.29) is 12.0 Å². The monoisotopic (exact) mass is 201 g/mol. The van der Waals surface area contributed by atoms with Crippen LogP contribution in [0.3, 0.4) is 0 Å². The van der Waals surface area contributed by atoms with Gasteiger partial charge in [0.15, 0.2) is 5.88 Å². The third-order valence-electron chi connectivity index (χ3n) is 3.06. The molecule has 0 bridgehead atoms. The average Bonchev–Trinajstić information content (AvgIpc) is 2.52. The van der Waals surface area contributed by atoms with Crippen molar-refractivity contribution in [1.29, 1.82) is 0 Å². The molecule has 0 N–H and O–H groups in total. The molecule has 0 radical (unpaired) electrons. The summed E-state index contributed by atoms with van der Waals surface area (Å²) in [6.45, 7) is 4.47. The first-order valence-corrected chi connectivity index (χ1v) is 5.00. The second kappa shape index (κ2) is 2.86. The minimum absolute atomic E-state index is 0.160. The van der Waals surface area contributed by atoms with E-state index in [1.807, 2.05) is 17.0 Å². The van der Waals surface area contributed by atoms with Gasteiger partial charge >= 0.3 is 5.97 Å². The van der Waals surface area contributed by atoms with Crippen molar-refractivity contribution in [2.24, 2.45) is 0 Å². The molecule has 0 amide bonds. The van der Waals surface area contributed by atoms with E-state index in [4.69, 9.17) is 4.74 Å². The quantitative estimate of drug-likeness (QED) is 0.595. The van der Waals surface area contributed by atoms with Gasteiger partial charge < -0.3 is 9.64 Å². The minimum atomic E-state index is -0.172. The molecule has 1 atom stereocenters. The molecule has 1 aromatic rings. The average molecular weight is 201 g/mol. The molecular weight excluding hydrogens is 190 g/mol. The lowest BCUT2D eigenvalue weighted by Gasteiger charge is -2.29. The normalized spacial score (nSPS) is 23.5. The Labute approximate surface area is 88.0 Å². The first-order chi connectivity index (χ1) is 7.25. The molecule has 1 unspecified atom stereocenters. The van der Waals surface area contributed by atoms with Gasteiger partial charge in [-0.15, -0.1) is 0 Å². The maximum absolute atomic E-state index is 11.5. The van der Waals surface area contributed by atoms with E-state index in [0.29, 0.717) is 5.88 Å². The fourth-order valence-electron chi connectivity index (χ4n) is 2.24. The largest absolute Gasteiger partial charge is 0.409 e. The van der Waals surface area contributed by atoms with E-state index < -0.39 is 0 Å². The number of fused-ring (bicyclic) bond motifs is 2. The molecule has 3 nitrogen and oxygen atoms in total. The van der Waals surface area contributed by atoms with Gasteiger partial charge in [-0.25, -0.2) is 4.79 Å². The van der Waals surface area contributed by atoms with Crippen LogP contribution in [0, 0.1) is 0 Å². The van der Waals surface area contributed by atoms with E-state index in [0.717, 1.165) is 13.0 Å². The highest BCUT2D eigenvalue weighted by Gasteiger charge is 2.40. The predicted octanol–water partition coefficient (Wildman–Crippen LogP) is 1.44. The molecule has 0 saturated carbocycles. The van der Waals surface area contributed by atoms with E-state index in [9.17, 15) is 4.79 Å². The van der Waals surface area contributed by atoms with Crippen molar-refractivity contribution >= 4 is 5.97 Å². The predicted molar refractivity (Wildman–Crippen MR) is 54.7 cm³/mol. The zero-order valence-corrected chi connectivity index (χ0v) is 8.27. The second-order valence-electron chi connectivity index (χ2n) is 3.93. The van der Waals surface area contributed by atoms with Crippen LogP contribution in [0.1, 0.15) is 11.1 Å². The van der Waals surface area contributed by atoms with Gasteiger partial charge in [0.2, 0.25) is 0 Å². The lowest BCUT2D eigenvalue weighted by atomic mass is 9.95. The Morgan fingerprint density at radius 1 is 1.33 bits per heavy atom. The maximum Gasteiger partial charge on any atom is 0.335 e. The molecule has 3 rings (SSSR count). The lowest BCUT2D eigenvalue weighted by molar-refractivity contribution is -0.137. The first kappa shape index (κ1) is 8.53. The molecular formula is C12H11NO2. The second-order valence-corrected chi connectivity index (χ2v) is 3.93. The highest BCUT2D eigenvalue weighted by Crippen LogP contribution is 2.31. The first-order valence-electron chi connectivity index (χ1n) is 5.00. The van der Waals surface area contributed by atoms with Crippen LogP contribution in [0.15, 0.2) is 36.7 Å². The minimum Gasteiger partial charge on any atom is -0.409 e. The molecule has 2 heterocycles. The Morgan fingerprint density at radius 2 is 2.07 bits per heavy atom. The molecule has 2 aliphatic rings. The Hall–Kier alpha value is -1.77. The summed E-state index contributed by atoms with van der Waals surface area (Å²) in [7, 11) is 0. The molecule has 0 aromatic heterocycles. The highest BCUT2D eigenvalue weighted by atomic mass is 16.6. The summed E-state index contributed by atoms with van der Waals surface area (Å²) in [6.07, 6.45) is 0.730. The van der Waals surface area contributed by atoms with Gasteiger partial charge in [-0.3, -0.25) is 0 Å². The summed E-state index contributed by atoms with van der Waals surface area (Å²) in [5.74, 6) is 0.314. The van der Waals surface area contributed by atoms with Crippen LogP contribution in [0.4, 0.5) is 0 Å². The Morgan fingerprint density at radius 3 is 2.87 bits per heavy atom. The van der Waals surface area contributed by atoms with Crippen molar-refractivity contribution in [2.75, 3.05) is 0 Å². The fourth-order valence-corrected chi connectivity index (χ4v) is 2.24. The summed E-state index contributed by atoms with van der Waals surface area (Å²) < 4.78 is 5.03. The standard InChI is InChI=1S/C12H11NO2/c1-8-13-7-10-5-3-2-4-9(10)6-11(13)12(14)15-8/h2-5,11H,1,6-7H2. The van der Waals surface area contributed by atoms with Crippen LogP contribution in [0.2, 0.25) is 0 Å². The smallest absolute Gasteiger partial charge is 0.335 e. The number of hydrogen-bond acceptors (Lipinski definition) is 3. The van der Waals surface area contributed by atoms with Crippen LogP contribution in [-0.4, -0.2) is 16.9 Å². The third kappa shape index (κ3) is 1.16. The van der Waals surface area contributed by atoms with Crippen LogP contribution >= 0.6 is 0 Å². The SMILES string of the molecule is C=C1OC(=O)C2Cc3ccccc3CN12. The van der Waals surface area contributed by atoms with Crippen molar-refractivity contribution < 1.29 is 9.53 Å². The van der Waals surface area contributed by atoms with Gasteiger partial charge in [0.1, 0.15) is 6.04 Å². The van der Waals surface area contributed by atoms with E-state index in [1.165, 1.54) is 11.1 Å². The molecule has 0 spiro atoms. The topological polar surface area (TPSA) is 29.5 Å². The molecule has 1 saturated heterocycles. The number of benzene rings is 1. The van der Waals surface area contributed by atoms with Crippen molar-refractivity contribution in [3.05, 3.63) is 47.9 Å². The van der Waals surface area contributed by atoms with Gasteiger partial charge in [-0.1, -0.05) is 24.3 Å². The number of esters is 1. The molecule has 1 aromatic carbocycles. The number of rotatable bonds is 0. The van der Waals surface area contributed by atoms with Gasteiger partial charge in [-0.05, 0) is 17.7 Å². The number of hydrogen-bond donors (Lipinski definition) is 0. The number of ether oxygens (including phenoxy) is 1. The van der Waals surface area contributed by atoms with Crippen LogP contribution in [-0.2, 0) is 22.5 Å². The summed E-state index contributed by atoms with van der Waals surface area (Å²) in [5, 5.41) is 0. The number of nitrogens with zero attached hydrogens (tertiary/aromatic N) is 1. The molecule has 0 aliphatic carbocycles. The summed E-state index contributed by atoms with van der Waals surface area (Å²) >= 11 is 0. The van der Waals surface area contributed by atoms with Crippen molar-refractivity contribution in [3.63, 3.8) is 0 Å². The van der Waals surface area contributed by atoms with Crippen molar-refractivity contribution in [1.82, 2.24) is 4.90 Å². The summed E-state index contributed by atoms with van der Waals surface area (Å²) in [4.78, 5) is 13.4. The Bertz CT molecular complexity index is 412.